The first kappa shape index (κ1) is 37.4. The van der Waals surface area contributed by atoms with E-state index in [1.54, 1.807) is 0 Å². The van der Waals surface area contributed by atoms with E-state index in [1.165, 1.54) is 25.7 Å². The number of halogens is 1. The Labute approximate surface area is 235 Å². The van der Waals surface area contributed by atoms with E-state index in [2.05, 4.69) is 6.92 Å². The van der Waals surface area contributed by atoms with E-state index in [1.807, 2.05) is 0 Å². The van der Waals surface area contributed by atoms with Crippen molar-refractivity contribution >= 4 is 17.6 Å². The lowest BCUT2D eigenvalue weighted by molar-refractivity contribution is -0.145. The van der Waals surface area contributed by atoms with Crippen molar-refractivity contribution in [3.05, 3.63) is 0 Å². The van der Waals surface area contributed by atoms with Crippen LogP contribution in [0.25, 0.3) is 0 Å². The number of hydrogen-bond acceptors (Lipinski definition) is 10. The van der Waals surface area contributed by atoms with Crippen molar-refractivity contribution < 1.29 is 47.4 Å². The van der Waals surface area contributed by atoms with Crippen molar-refractivity contribution in [1.29, 1.82) is 0 Å². The maximum atomic E-state index is 11.6. The molecule has 0 radical (unpaired) electrons. The van der Waals surface area contributed by atoms with Gasteiger partial charge in [0.2, 0.25) is 0 Å². The summed E-state index contributed by atoms with van der Waals surface area (Å²) < 4.78 is 48.3. The molecule has 11 heteroatoms. The van der Waals surface area contributed by atoms with Crippen LogP contribution in [0.4, 0.5) is 0 Å². The minimum absolute atomic E-state index is 0.141. The molecule has 0 N–H and O–H groups in total. The molecule has 0 amide bonds. The molecule has 0 bridgehead atoms. The topological polar surface area (TPSA) is 100 Å². The van der Waals surface area contributed by atoms with E-state index in [9.17, 15) is 4.79 Å². The van der Waals surface area contributed by atoms with Gasteiger partial charge in [-0.05, 0) is 6.42 Å². The highest BCUT2D eigenvalue weighted by Crippen LogP contribution is 2.07. The predicted octanol–water partition coefficient (Wildman–Crippen LogP) is 3.65. The van der Waals surface area contributed by atoms with Gasteiger partial charge in [0.15, 0.2) is 0 Å². The highest BCUT2D eigenvalue weighted by Gasteiger charge is 2.02. The molecule has 0 unspecified atom stereocenters. The van der Waals surface area contributed by atoms with Gasteiger partial charge < -0.3 is 42.6 Å². The number of rotatable bonds is 33. The quantitative estimate of drug-likeness (QED) is 0.0658. The van der Waals surface area contributed by atoms with Gasteiger partial charge in [-0.2, -0.15) is 0 Å². The summed E-state index contributed by atoms with van der Waals surface area (Å²) in [6, 6.07) is 0. The molecule has 0 atom stereocenters. The molecule has 0 aliphatic heterocycles. The third-order valence-electron chi connectivity index (χ3n) is 5.05. The lowest BCUT2D eigenvalue weighted by Crippen LogP contribution is -2.15. The maximum Gasteiger partial charge on any atom is 0.305 e. The molecule has 0 fully saturated rings. The van der Waals surface area contributed by atoms with Gasteiger partial charge in [-0.15, -0.1) is 11.6 Å². The Bertz CT molecular complexity index is 460. The third kappa shape index (κ3) is 33.5. The third-order valence-corrected chi connectivity index (χ3v) is 5.21. The van der Waals surface area contributed by atoms with Gasteiger partial charge in [0.1, 0.15) is 6.61 Å². The minimum atomic E-state index is -0.141. The Hall–Kier alpha value is -0.560. The smallest absolute Gasteiger partial charge is 0.305 e. The van der Waals surface area contributed by atoms with Gasteiger partial charge >= 0.3 is 5.97 Å². The number of unbranched alkanes of at least 4 members (excludes halogenated alkanes) is 5. The van der Waals surface area contributed by atoms with E-state index < -0.39 is 0 Å². The van der Waals surface area contributed by atoms with Crippen molar-refractivity contribution in [3.63, 3.8) is 0 Å². The Balaban J connectivity index is 3.09. The van der Waals surface area contributed by atoms with E-state index in [-0.39, 0.29) is 5.97 Å². The normalized spacial score (nSPS) is 11.3. The van der Waals surface area contributed by atoms with E-state index in [0.717, 1.165) is 12.8 Å². The Kier molecular flexibility index (Phi) is 34.0. The molecule has 0 aromatic carbocycles. The standard InChI is InChI=1S/C27H53ClO10/c1-2-3-4-5-6-7-8-27(29)38-26-25-37-24-23-36-22-21-35-20-19-34-18-17-33-16-15-32-14-13-31-12-11-30-10-9-28/h2-26H2,1H3. The fourth-order valence-electron chi connectivity index (χ4n) is 3.03. The van der Waals surface area contributed by atoms with Crippen molar-refractivity contribution in [2.45, 2.75) is 51.9 Å². The zero-order valence-electron chi connectivity index (χ0n) is 23.6. The van der Waals surface area contributed by atoms with Crippen LogP contribution in [0.1, 0.15) is 51.9 Å². The SMILES string of the molecule is CCCCCCCCC(=O)OCCOCCOCCOCCOCCOCCOCCOCCOCCCl. The first-order valence-corrected chi connectivity index (χ1v) is 14.7. The summed E-state index contributed by atoms with van der Waals surface area (Å²) in [5.41, 5.74) is 0. The van der Waals surface area contributed by atoms with Gasteiger partial charge in [-0.3, -0.25) is 4.79 Å². The second kappa shape index (κ2) is 34.5. The van der Waals surface area contributed by atoms with Gasteiger partial charge in [0, 0.05) is 12.3 Å². The average Bonchev–Trinajstić information content (AvgIpc) is 2.92. The molecule has 0 saturated heterocycles. The molecule has 0 aromatic heterocycles. The van der Waals surface area contributed by atoms with Crippen LogP contribution in [-0.2, 0) is 47.4 Å². The molecule has 0 aliphatic carbocycles. The van der Waals surface area contributed by atoms with Crippen LogP contribution >= 0.6 is 11.6 Å². The summed E-state index contributed by atoms with van der Waals surface area (Å²) >= 11 is 5.50. The molecule has 228 valence electrons. The molecule has 0 spiro atoms. The molecule has 38 heavy (non-hydrogen) atoms. The Morgan fingerprint density at radius 2 is 0.763 bits per heavy atom. The Morgan fingerprint density at radius 1 is 0.447 bits per heavy atom. The first-order valence-electron chi connectivity index (χ1n) is 14.1. The van der Waals surface area contributed by atoms with Gasteiger partial charge in [-0.1, -0.05) is 39.0 Å². The number of ether oxygens (including phenoxy) is 9. The van der Waals surface area contributed by atoms with Crippen LogP contribution in [0, 0.1) is 0 Å². The monoisotopic (exact) mass is 572 g/mol. The summed E-state index contributed by atoms with van der Waals surface area (Å²) in [5, 5.41) is 0. The highest BCUT2D eigenvalue weighted by atomic mass is 35.5. The number of hydrogen-bond donors (Lipinski definition) is 0. The minimum Gasteiger partial charge on any atom is -0.463 e. The number of esters is 1. The van der Waals surface area contributed by atoms with Crippen molar-refractivity contribution in [2.75, 3.05) is 118 Å². The lowest BCUT2D eigenvalue weighted by atomic mass is 10.1. The van der Waals surface area contributed by atoms with Crippen LogP contribution < -0.4 is 0 Å². The maximum absolute atomic E-state index is 11.6. The summed E-state index contributed by atoms with van der Waals surface area (Å²) in [6.45, 7) is 10.6. The molecular formula is C27H53ClO10. The van der Waals surface area contributed by atoms with Crippen LogP contribution in [0.3, 0.4) is 0 Å². The second-order valence-corrected chi connectivity index (χ2v) is 8.70. The molecule has 0 saturated carbocycles. The van der Waals surface area contributed by atoms with Crippen LogP contribution in [0.2, 0.25) is 0 Å². The molecule has 0 heterocycles. The number of carbonyl (C=O) groups is 1. The van der Waals surface area contributed by atoms with Gasteiger partial charge in [0.25, 0.3) is 0 Å². The van der Waals surface area contributed by atoms with Crippen LogP contribution in [-0.4, -0.2) is 124 Å². The van der Waals surface area contributed by atoms with Crippen molar-refractivity contribution in [1.82, 2.24) is 0 Å². The summed E-state index contributed by atoms with van der Waals surface area (Å²) in [5.74, 6) is 0.357. The van der Waals surface area contributed by atoms with Crippen LogP contribution in [0.15, 0.2) is 0 Å². The fraction of sp³-hybridized carbons (Fsp3) is 0.963. The number of carbonyl (C=O) groups excluding carboxylic acids is 1. The molecule has 0 aromatic rings. The van der Waals surface area contributed by atoms with E-state index in [0.29, 0.717) is 125 Å². The highest BCUT2D eigenvalue weighted by molar-refractivity contribution is 6.17. The largest absolute Gasteiger partial charge is 0.463 e. The van der Waals surface area contributed by atoms with E-state index >= 15 is 0 Å². The van der Waals surface area contributed by atoms with Gasteiger partial charge in [0.05, 0.1) is 106 Å². The molecular weight excluding hydrogens is 520 g/mol. The summed E-state index contributed by atoms with van der Waals surface area (Å²) in [7, 11) is 0. The summed E-state index contributed by atoms with van der Waals surface area (Å²) in [4.78, 5) is 11.6. The number of alkyl halides is 1. The second-order valence-electron chi connectivity index (χ2n) is 8.33. The van der Waals surface area contributed by atoms with E-state index in [4.69, 9.17) is 54.2 Å². The first-order chi connectivity index (χ1) is 18.8. The zero-order valence-corrected chi connectivity index (χ0v) is 24.4. The predicted molar refractivity (Wildman–Crippen MR) is 146 cm³/mol. The average molecular weight is 573 g/mol. The Morgan fingerprint density at radius 3 is 1.13 bits per heavy atom. The molecule has 10 nitrogen and oxygen atoms in total. The van der Waals surface area contributed by atoms with Gasteiger partial charge in [-0.25, -0.2) is 0 Å². The molecule has 0 aliphatic rings. The van der Waals surface area contributed by atoms with Crippen LogP contribution in [0.5, 0.6) is 0 Å². The fourth-order valence-corrected chi connectivity index (χ4v) is 3.14. The van der Waals surface area contributed by atoms with Crippen molar-refractivity contribution in [3.8, 4) is 0 Å². The van der Waals surface area contributed by atoms with Crippen molar-refractivity contribution in [2.24, 2.45) is 0 Å². The summed E-state index contributed by atoms with van der Waals surface area (Å²) in [6.07, 6.45) is 7.45. The lowest BCUT2D eigenvalue weighted by Gasteiger charge is -2.09. The molecule has 0 rings (SSSR count). The zero-order chi connectivity index (χ0) is 27.6.